The number of thiophene rings is 1. The Morgan fingerprint density at radius 2 is 2.31 bits per heavy atom. The van der Waals surface area contributed by atoms with Gasteiger partial charge in [-0.3, -0.25) is 0 Å². The lowest BCUT2D eigenvalue weighted by Crippen LogP contribution is -2.04. The summed E-state index contributed by atoms with van der Waals surface area (Å²) < 4.78 is 9.97. The van der Waals surface area contributed by atoms with E-state index in [9.17, 15) is 4.79 Å². The van der Waals surface area contributed by atoms with Crippen molar-refractivity contribution in [3.8, 4) is 5.75 Å². The summed E-state index contributed by atoms with van der Waals surface area (Å²) >= 11 is 1.35. The zero-order valence-corrected chi connectivity index (χ0v) is 8.73. The molecule has 0 aliphatic heterocycles. The minimum absolute atomic E-state index is 0.308. The Labute approximate surface area is 81.3 Å². The molecule has 1 aromatic rings. The Hall–Kier alpha value is -1.03. The molecule has 0 N–H and O–H groups in total. The van der Waals surface area contributed by atoms with Gasteiger partial charge in [0.05, 0.1) is 13.7 Å². The summed E-state index contributed by atoms with van der Waals surface area (Å²) in [5.74, 6) is 0.320. The van der Waals surface area contributed by atoms with Crippen LogP contribution >= 0.6 is 11.3 Å². The predicted molar refractivity (Wildman–Crippen MR) is 51.6 cm³/mol. The topological polar surface area (TPSA) is 35.5 Å². The van der Waals surface area contributed by atoms with Crippen LogP contribution in [0.1, 0.15) is 22.2 Å². The van der Waals surface area contributed by atoms with Gasteiger partial charge in [0, 0.05) is 5.56 Å². The summed E-state index contributed by atoms with van der Waals surface area (Å²) in [6.45, 7) is 4.07. The monoisotopic (exact) mass is 200 g/mol. The Morgan fingerprint density at radius 1 is 1.62 bits per heavy atom. The maximum atomic E-state index is 11.3. The van der Waals surface area contributed by atoms with Gasteiger partial charge in [-0.05, 0) is 19.2 Å². The first-order valence-corrected chi connectivity index (χ1v) is 4.87. The second-order valence-electron chi connectivity index (χ2n) is 2.50. The number of carbonyl (C=O) groups is 1. The van der Waals surface area contributed by atoms with E-state index in [1.807, 2.05) is 12.3 Å². The number of carbonyl (C=O) groups excluding carboxylic acids is 1. The normalized spacial score (nSPS) is 9.77. The van der Waals surface area contributed by atoms with E-state index in [2.05, 4.69) is 0 Å². The Balaban J connectivity index is 2.93. The van der Waals surface area contributed by atoms with Crippen molar-refractivity contribution >= 4 is 17.3 Å². The molecular weight excluding hydrogens is 188 g/mol. The van der Waals surface area contributed by atoms with Crippen molar-refractivity contribution in [1.82, 2.24) is 0 Å². The minimum Gasteiger partial charge on any atom is -0.495 e. The van der Waals surface area contributed by atoms with Crippen molar-refractivity contribution in [2.24, 2.45) is 0 Å². The van der Waals surface area contributed by atoms with Gasteiger partial charge in [0.15, 0.2) is 4.88 Å². The smallest absolute Gasteiger partial charge is 0.352 e. The van der Waals surface area contributed by atoms with Gasteiger partial charge in [-0.15, -0.1) is 11.3 Å². The van der Waals surface area contributed by atoms with E-state index in [1.165, 1.54) is 11.3 Å². The molecule has 0 aromatic carbocycles. The number of hydrogen-bond acceptors (Lipinski definition) is 4. The number of methoxy groups -OCH3 is 1. The molecule has 0 atom stereocenters. The molecule has 0 unspecified atom stereocenters. The van der Waals surface area contributed by atoms with Crippen LogP contribution in [0, 0.1) is 6.92 Å². The van der Waals surface area contributed by atoms with Crippen LogP contribution in [-0.2, 0) is 4.74 Å². The summed E-state index contributed by atoms with van der Waals surface area (Å²) in [7, 11) is 1.55. The average molecular weight is 200 g/mol. The molecule has 0 saturated carbocycles. The largest absolute Gasteiger partial charge is 0.495 e. The number of rotatable bonds is 3. The van der Waals surface area contributed by atoms with Crippen LogP contribution in [-0.4, -0.2) is 19.7 Å². The van der Waals surface area contributed by atoms with Crippen LogP contribution in [0.25, 0.3) is 0 Å². The van der Waals surface area contributed by atoms with E-state index in [0.717, 1.165) is 5.56 Å². The standard InChI is InChI=1S/C9H12O3S/c1-4-12-9(10)8-7(11-3)6(2)5-13-8/h5H,4H2,1-3H3. The van der Waals surface area contributed by atoms with Crippen molar-refractivity contribution in [3.05, 3.63) is 15.8 Å². The van der Waals surface area contributed by atoms with Crippen LogP contribution in [0.15, 0.2) is 5.38 Å². The zero-order chi connectivity index (χ0) is 9.84. The number of ether oxygens (including phenoxy) is 2. The van der Waals surface area contributed by atoms with E-state index in [-0.39, 0.29) is 5.97 Å². The fourth-order valence-electron chi connectivity index (χ4n) is 1.02. The van der Waals surface area contributed by atoms with Gasteiger partial charge in [0.1, 0.15) is 5.75 Å². The molecule has 1 aromatic heterocycles. The van der Waals surface area contributed by atoms with Gasteiger partial charge in [0.2, 0.25) is 0 Å². The molecule has 72 valence electrons. The molecule has 1 heterocycles. The van der Waals surface area contributed by atoms with Gasteiger partial charge >= 0.3 is 5.97 Å². The molecule has 13 heavy (non-hydrogen) atoms. The number of hydrogen-bond donors (Lipinski definition) is 0. The van der Waals surface area contributed by atoms with Crippen LogP contribution in [0.3, 0.4) is 0 Å². The summed E-state index contributed by atoms with van der Waals surface area (Å²) in [6, 6.07) is 0. The number of esters is 1. The first-order chi connectivity index (χ1) is 6.20. The SMILES string of the molecule is CCOC(=O)c1scc(C)c1OC. The molecule has 0 fully saturated rings. The third-order valence-electron chi connectivity index (χ3n) is 1.58. The van der Waals surface area contributed by atoms with Crippen LogP contribution in [0.2, 0.25) is 0 Å². The predicted octanol–water partition coefficient (Wildman–Crippen LogP) is 2.24. The number of aryl methyl sites for hydroxylation is 1. The molecule has 0 aliphatic carbocycles. The van der Waals surface area contributed by atoms with Gasteiger partial charge < -0.3 is 9.47 Å². The molecule has 3 nitrogen and oxygen atoms in total. The third-order valence-corrected chi connectivity index (χ3v) is 2.64. The van der Waals surface area contributed by atoms with Crippen LogP contribution in [0.5, 0.6) is 5.75 Å². The second-order valence-corrected chi connectivity index (χ2v) is 3.38. The first-order valence-electron chi connectivity index (χ1n) is 3.99. The summed E-state index contributed by atoms with van der Waals surface area (Å²) in [5.41, 5.74) is 0.968. The van der Waals surface area contributed by atoms with E-state index in [1.54, 1.807) is 14.0 Å². The molecule has 0 spiro atoms. The van der Waals surface area contributed by atoms with Crippen molar-refractivity contribution in [2.75, 3.05) is 13.7 Å². The maximum absolute atomic E-state index is 11.3. The molecule has 0 saturated heterocycles. The summed E-state index contributed by atoms with van der Waals surface area (Å²) in [4.78, 5) is 11.9. The van der Waals surface area contributed by atoms with Gasteiger partial charge in [-0.25, -0.2) is 4.79 Å². The molecule has 1 rings (SSSR count). The summed E-state index contributed by atoms with van der Waals surface area (Å²) in [5, 5.41) is 1.88. The lowest BCUT2D eigenvalue weighted by atomic mass is 10.3. The fraction of sp³-hybridized carbons (Fsp3) is 0.444. The van der Waals surface area contributed by atoms with Gasteiger partial charge in [0.25, 0.3) is 0 Å². The lowest BCUT2D eigenvalue weighted by Gasteiger charge is -2.02. The van der Waals surface area contributed by atoms with Crippen molar-refractivity contribution in [2.45, 2.75) is 13.8 Å². The highest BCUT2D eigenvalue weighted by Crippen LogP contribution is 2.30. The third kappa shape index (κ3) is 2.01. The highest BCUT2D eigenvalue weighted by molar-refractivity contribution is 7.12. The first kappa shape index (κ1) is 10.1. The Morgan fingerprint density at radius 3 is 2.85 bits per heavy atom. The molecule has 0 amide bonds. The molecule has 0 radical (unpaired) electrons. The zero-order valence-electron chi connectivity index (χ0n) is 7.92. The molecule has 4 heteroatoms. The van der Waals surface area contributed by atoms with Crippen LogP contribution < -0.4 is 4.74 Å². The Kier molecular flexibility index (Phi) is 3.31. The quantitative estimate of drug-likeness (QED) is 0.702. The minimum atomic E-state index is -0.308. The van der Waals surface area contributed by atoms with Gasteiger partial charge in [-0.1, -0.05) is 0 Å². The Bertz CT molecular complexity index is 304. The second kappa shape index (κ2) is 4.28. The molecule has 0 aliphatic rings. The van der Waals surface area contributed by atoms with Gasteiger partial charge in [-0.2, -0.15) is 0 Å². The fourth-order valence-corrected chi connectivity index (χ4v) is 1.93. The molecular formula is C9H12O3S. The van der Waals surface area contributed by atoms with E-state index in [4.69, 9.17) is 9.47 Å². The van der Waals surface area contributed by atoms with Crippen molar-refractivity contribution in [3.63, 3.8) is 0 Å². The summed E-state index contributed by atoms with van der Waals surface area (Å²) in [6.07, 6.45) is 0. The molecule has 0 bridgehead atoms. The van der Waals surface area contributed by atoms with E-state index < -0.39 is 0 Å². The highest BCUT2D eigenvalue weighted by atomic mass is 32.1. The van der Waals surface area contributed by atoms with Crippen LogP contribution in [0.4, 0.5) is 0 Å². The average Bonchev–Trinajstić information content (AvgIpc) is 2.47. The van der Waals surface area contributed by atoms with Crippen molar-refractivity contribution < 1.29 is 14.3 Å². The maximum Gasteiger partial charge on any atom is 0.352 e. The van der Waals surface area contributed by atoms with E-state index in [0.29, 0.717) is 17.2 Å². The van der Waals surface area contributed by atoms with E-state index >= 15 is 0 Å². The highest BCUT2D eigenvalue weighted by Gasteiger charge is 2.17. The lowest BCUT2D eigenvalue weighted by molar-refractivity contribution is 0.0528. The van der Waals surface area contributed by atoms with Crippen molar-refractivity contribution in [1.29, 1.82) is 0 Å².